The van der Waals surface area contributed by atoms with Gasteiger partial charge in [-0.05, 0) is 25.0 Å². The van der Waals surface area contributed by atoms with Gasteiger partial charge in [0.25, 0.3) is 5.91 Å². The van der Waals surface area contributed by atoms with E-state index in [-0.39, 0.29) is 18.3 Å². The van der Waals surface area contributed by atoms with E-state index < -0.39 is 6.10 Å². The third kappa shape index (κ3) is 6.19. The van der Waals surface area contributed by atoms with Gasteiger partial charge >= 0.3 is 0 Å². The van der Waals surface area contributed by atoms with Crippen molar-refractivity contribution >= 4 is 24.0 Å². The van der Waals surface area contributed by atoms with Crippen molar-refractivity contribution in [3.63, 3.8) is 0 Å². The zero-order valence-corrected chi connectivity index (χ0v) is 15.1. The van der Waals surface area contributed by atoms with E-state index in [0.29, 0.717) is 43.6 Å². The molecule has 1 fully saturated rings. The lowest BCUT2D eigenvalue weighted by molar-refractivity contribution is -0.128. The molecule has 2 rings (SSSR count). The van der Waals surface area contributed by atoms with Gasteiger partial charge in [-0.2, -0.15) is 0 Å². The van der Waals surface area contributed by atoms with Gasteiger partial charge in [-0.25, -0.2) is 0 Å². The fourth-order valence-corrected chi connectivity index (χ4v) is 2.20. The Bertz CT molecular complexity index is 507. The van der Waals surface area contributed by atoms with E-state index in [1.807, 2.05) is 19.1 Å². The van der Waals surface area contributed by atoms with Crippen molar-refractivity contribution in [3.05, 3.63) is 18.2 Å². The molecule has 0 spiro atoms. The van der Waals surface area contributed by atoms with Crippen LogP contribution in [0.3, 0.4) is 0 Å². The maximum atomic E-state index is 12.2. The van der Waals surface area contributed by atoms with Crippen molar-refractivity contribution in [2.24, 2.45) is 0 Å². The fourth-order valence-electron chi connectivity index (χ4n) is 2.20. The maximum Gasteiger partial charge on any atom is 0.254 e. The van der Waals surface area contributed by atoms with Gasteiger partial charge < -0.3 is 24.8 Å². The zero-order chi connectivity index (χ0) is 16.5. The standard InChI is InChI=1S/C17H26N2O4.ClH/c1-3-8-21-14-6-5-13(11-15(14)22-9-4-2)19-17(20)16-12-18-7-10-23-16;/h5-6,11,16,18H,3-4,7-10,12H2,1-2H3,(H,19,20);1H. The Labute approximate surface area is 149 Å². The number of ether oxygens (including phenoxy) is 3. The van der Waals surface area contributed by atoms with E-state index in [0.717, 1.165) is 19.4 Å². The van der Waals surface area contributed by atoms with Crippen LogP contribution in [-0.4, -0.2) is 44.9 Å². The van der Waals surface area contributed by atoms with Crippen molar-refractivity contribution in [2.45, 2.75) is 32.8 Å². The lowest BCUT2D eigenvalue weighted by Crippen LogP contribution is -2.45. The van der Waals surface area contributed by atoms with Gasteiger partial charge in [0.15, 0.2) is 11.5 Å². The third-order valence-electron chi connectivity index (χ3n) is 3.35. The lowest BCUT2D eigenvalue weighted by atomic mass is 10.2. The first-order valence-electron chi connectivity index (χ1n) is 8.27. The summed E-state index contributed by atoms with van der Waals surface area (Å²) in [5.74, 6) is 1.20. The predicted molar refractivity (Wildman–Crippen MR) is 96.5 cm³/mol. The molecule has 1 aromatic rings. The molecular formula is C17H27ClN2O4. The molecule has 24 heavy (non-hydrogen) atoms. The van der Waals surface area contributed by atoms with Crippen LogP contribution in [0.15, 0.2) is 18.2 Å². The molecule has 1 unspecified atom stereocenters. The minimum Gasteiger partial charge on any atom is -0.490 e. The second kappa shape index (κ2) is 11.1. The average molecular weight is 359 g/mol. The van der Waals surface area contributed by atoms with Crippen molar-refractivity contribution < 1.29 is 19.0 Å². The molecule has 1 aliphatic heterocycles. The average Bonchev–Trinajstić information content (AvgIpc) is 2.59. The first kappa shape index (κ1) is 20.5. The number of benzene rings is 1. The zero-order valence-electron chi connectivity index (χ0n) is 14.3. The smallest absolute Gasteiger partial charge is 0.254 e. The number of morpholine rings is 1. The summed E-state index contributed by atoms with van der Waals surface area (Å²) in [5.41, 5.74) is 0.680. The topological polar surface area (TPSA) is 68.8 Å². The Hall–Kier alpha value is -1.50. The van der Waals surface area contributed by atoms with Gasteiger partial charge in [0.05, 0.1) is 19.8 Å². The van der Waals surface area contributed by atoms with Crippen LogP contribution >= 0.6 is 12.4 Å². The summed E-state index contributed by atoms with van der Waals surface area (Å²) in [4.78, 5) is 12.2. The van der Waals surface area contributed by atoms with Crippen LogP contribution in [0.2, 0.25) is 0 Å². The first-order chi connectivity index (χ1) is 11.2. The van der Waals surface area contributed by atoms with Crippen LogP contribution in [-0.2, 0) is 9.53 Å². The predicted octanol–water partition coefficient (Wildman–Crippen LogP) is 2.61. The molecule has 0 aliphatic carbocycles. The number of amides is 1. The van der Waals surface area contributed by atoms with Gasteiger partial charge in [0.1, 0.15) is 6.10 Å². The summed E-state index contributed by atoms with van der Waals surface area (Å²) in [6.45, 7) is 7.20. The molecule has 0 bridgehead atoms. The van der Waals surface area contributed by atoms with Crippen molar-refractivity contribution in [2.75, 3.05) is 38.2 Å². The summed E-state index contributed by atoms with van der Waals surface area (Å²) in [7, 11) is 0. The monoisotopic (exact) mass is 358 g/mol. The first-order valence-corrected chi connectivity index (χ1v) is 8.27. The summed E-state index contributed by atoms with van der Waals surface area (Å²) >= 11 is 0. The third-order valence-corrected chi connectivity index (χ3v) is 3.35. The molecule has 1 aromatic carbocycles. The van der Waals surface area contributed by atoms with E-state index in [2.05, 4.69) is 17.6 Å². The largest absolute Gasteiger partial charge is 0.490 e. The molecule has 7 heteroatoms. The molecule has 136 valence electrons. The Morgan fingerprint density at radius 2 is 1.96 bits per heavy atom. The van der Waals surface area contributed by atoms with Crippen LogP contribution in [0.4, 0.5) is 5.69 Å². The highest BCUT2D eigenvalue weighted by Gasteiger charge is 2.22. The van der Waals surface area contributed by atoms with Crippen LogP contribution in [0.1, 0.15) is 26.7 Å². The van der Waals surface area contributed by atoms with Crippen molar-refractivity contribution in [3.8, 4) is 11.5 Å². The number of hydrogen-bond acceptors (Lipinski definition) is 5. The molecule has 1 aliphatic rings. The van der Waals surface area contributed by atoms with Crippen LogP contribution in [0.25, 0.3) is 0 Å². The molecule has 0 radical (unpaired) electrons. The number of halogens is 1. The molecule has 2 N–H and O–H groups in total. The number of rotatable bonds is 8. The number of hydrogen-bond donors (Lipinski definition) is 2. The quantitative estimate of drug-likeness (QED) is 0.747. The second-order valence-electron chi connectivity index (χ2n) is 5.41. The number of carbonyl (C=O) groups excluding carboxylic acids is 1. The minimum atomic E-state index is -0.459. The van der Waals surface area contributed by atoms with E-state index in [4.69, 9.17) is 14.2 Å². The van der Waals surface area contributed by atoms with Gasteiger partial charge in [-0.3, -0.25) is 4.79 Å². The fraction of sp³-hybridized carbons (Fsp3) is 0.588. The molecule has 0 saturated carbocycles. The number of nitrogens with one attached hydrogen (secondary N) is 2. The van der Waals surface area contributed by atoms with Gasteiger partial charge in [0.2, 0.25) is 0 Å². The Morgan fingerprint density at radius 3 is 2.58 bits per heavy atom. The van der Waals surface area contributed by atoms with Crippen LogP contribution < -0.4 is 20.1 Å². The second-order valence-corrected chi connectivity index (χ2v) is 5.41. The van der Waals surface area contributed by atoms with E-state index in [1.165, 1.54) is 0 Å². The highest BCUT2D eigenvalue weighted by molar-refractivity contribution is 5.94. The SMILES string of the molecule is CCCOc1ccc(NC(=O)C2CNCCO2)cc1OCCC.Cl. The molecule has 1 atom stereocenters. The van der Waals surface area contributed by atoms with E-state index in [9.17, 15) is 4.79 Å². The molecule has 1 saturated heterocycles. The molecule has 1 amide bonds. The number of carbonyl (C=O) groups is 1. The van der Waals surface area contributed by atoms with Crippen LogP contribution in [0.5, 0.6) is 11.5 Å². The normalized spacial score (nSPS) is 16.8. The molecular weight excluding hydrogens is 332 g/mol. The number of anilines is 1. The van der Waals surface area contributed by atoms with Crippen LogP contribution in [0, 0.1) is 0 Å². The Morgan fingerprint density at radius 1 is 1.25 bits per heavy atom. The Kier molecular flexibility index (Phi) is 9.52. The Balaban J connectivity index is 0.00000288. The summed E-state index contributed by atoms with van der Waals surface area (Å²) in [6, 6.07) is 5.45. The molecule has 6 nitrogen and oxygen atoms in total. The molecule has 1 heterocycles. The maximum absolute atomic E-state index is 12.2. The lowest BCUT2D eigenvalue weighted by Gasteiger charge is -2.23. The highest BCUT2D eigenvalue weighted by Crippen LogP contribution is 2.31. The van der Waals surface area contributed by atoms with Gasteiger partial charge in [-0.15, -0.1) is 12.4 Å². The minimum absolute atomic E-state index is 0. The van der Waals surface area contributed by atoms with Crippen molar-refractivity contribution in [1.29, 1.82) is 0 Å². The van der Waals surface area contributed by atoms with Gasteiger partial charge in [-0.1, -0.05) is 13.8 Å². The van der Waals surface area contributed by atoms with Crippen molar-refractivity contribution in [1.82, 2.24) is 5.32 Å². The molecule has 0 aromatic heterocycles. The highest BCUT2D eigenvalue weighted by atomic mass is 35.5. The summed E-state index contributed by atoms with van der Waals surface area (Å²) in [5, 5.41) is 6.01. The summed E-state index contributed by atoms with van der Waals surface area (Å²) in [6.07, 6.45) is 1.38. The van der Waals surface area contributed by atoms with E-state index in [1.54, 1.807) is 6.07 Å². The van der Waals surface area contributed by atoms with Gasteiger partial charge in [0, 0.05) is 24.8 Å². The summed E-state index contributed by atoms with van der Waals surface area (Å²) < 4.78 is 16.9. The van der Waals surface area contributed by atoms with E-state index >= 15 is 0 Å².